The molecule has 4 aromatic rings. The predicted octanol–water partition coefficient (Wildman–Crippen LogP) is 3.46. The molecule has 0 aliphatic rings. The molecule has 0 heterocycles. The molecule has 4 rings (SSSR count). The van der Waals surface area contributed by atoms with Gasteiger partial charge in [-0.15, -0.1) is 0 Å². The quantitative estimate of drug-likeness (QED) is 0.284. The molecule has 5 heteroatoms. The fraction of sp³-hybridized carbons (Fsp3) is 0.0714. The summed E-state index contributed by atoms with van der Waals surface area (Å²) >= 11 is -1.83. The fourth-order valence-corrected chi connectivity index (χ4v) is 9.74. The van der Waals surface area contributed by atoms with Crippen molar-refractivity contribution in [1.82, 2.24) is 0 Å². The molecule has 0 aliphatic heterocycles. The van der Waals surface area contributed by atoms with E-state index in [1.807, 2.05) is 0 Å². The van der Waals surface area contributed by atoms with Gasteiger partial charge in [-0.3, -0.25) is 0 Å². The van der Waals surface area contributed by atoms with Crippen LogP contribution in [0, 0.1) is 0 Å². The van der Waals surface area contributed by atoms with Crippen molar-refractivity contribution in [3.63, 3.8) is 0 Å². The summed E-state index contributed by atoms with van der Waals surface area (Å²) in [5.41, 5.74) is 0.806. The Bertz CT molecular complexity index is 1020. The first-order chi connectivity index (χ1) is 16.1. The normalized spacial score (nSPS) is 10.0. The van der Waals surface area contributed by atoms with Crippen LogP contribution < -0.4 is 10.5 Å². The Hall–Kier alpha value is -3.36. The Labute approximate surface area is 201 Å². The summed E-state index contributed by atoms with van der Waals surface area (Å²) in [7, 11) is 2.60. The van der Waals surface area contributed by atoms with Gasteiger partial charge in [-0.05, 0) is 24.3 Å². The monoisotopic (exact) mass is 546 g/mol. The van der Waals surface area contributed by atoms with E-state index in [1.165, 1.54) is 49.0 Å². The number of methoxy groups -OCH3 is 2. The molecular formula is C28H25O4Sb. The molecule has 0 aliphatic carbocycles. The molecule has 0 bridgehead atoms. The Morgan fingerprint density at radius 1 is 0.485 bits per heavy atom. The molecule has 0 radical (unpaired) electrons. The number of carbonyl (C=O) groups excluding carboxylic acids is 2. The van der Waals surface area contributed by atoms with Gasteiger partial charge in [-0.25, -0.2) is 9.59 Å². The van der Waals surface area contributed by atoms with E-state index in [0.29, 0.717) is 11.1 Å². The van der Waals surface area contributed by atoms with Gasteiger partial charge in [-0.1, -0.05) is 0 Å². The van der Waals surface area contributed by atoms with Crippen molar-refractivity contribution in [3.8, 4) is 0 Å². The molecule has 0 N–H and O–H groups in total. The van der Waals surface area contributed by atoms with Crippen molar-refractivity contribution in [3.05, 3.63) is 126 Å². The van der Waals surface area contributed by atoms with Crippen LogP contribution in [0.15, 0.2) is 115 Å². The fourth-order valence-electron chi connectivity index (χ4n) is 3.16. The molecule has 4 nitrogen and oxygen atoms in total. The van der Waals surface area contributed by atoms with Gasteiger partial charge in [0, 0.05) is 0 Å². The van der Waals surface area contributed by atoms with Crippen LogP contribution in [0.25, 0.3) is 0 Å². The molecule has 0 spiro atoms. The molecular weight excluding hydrogens is 522 g/mol. The first-order valence-electron chi connectivity index (χ1n) is 10.4. The van der Waals surface area contributed by atoms with Crippen LogP contribution in [0.5, 0.6) is 0 Å². The average Bonchev–Trinajstić information content (AvgIpc) is 2.90. The summed E-state index contributed by atoms with van der Waals surface area (Å²) in [6, 6.07) is 38.9. The second-order valence-corrected chi connectivity index (χ2v) is 13.2. The third-order valence-electron chi connectivity index (χ3n) is 4.77. The van der Waals surface area contributed by atoms with Gasteiger partial charge in [0.1, 0.15) is 0 Å². The standard InChI is InChI=1S/C10H10O4.3C6H5.Sb/c1-13-9(11)7-3-5-8(6-4-7)10(12)14-2;3*1-2-4-6-5-3-1;/h3-6H,1-2H3;3*1-5H;. The number of rotatable bonds is 5. The van der Waals surface area contributed by atoms with Crippen LogP contribution in [-0.4, -0.2) is 46.4 Å². The number of carbonyl (C=O) groups is 2. The zero-order valence-electron chi connectivity index (χ0n) is 18.5. The van der Waals surface area contributed by atoms with Crippen LogP contribution in [0.3, 0.4) is 0 Å². The van der Waals surface area contributed by atoms with E-state index in [1.54, 1.807) is 0 Å². The van der Waals surface area contributed by atoms with E-state index in [4.69, 9.17) is 0 Å². The molecule has 0 aromatic heterocycles. The van der Waals surface area contributed by atoms with Crippen LogP contribution >= 0.6 is 0 Å². The molecule has 0 unspecified atom stereocenters. The van der Waals surface area contributed by atoms with Gasteiger partial charge >= 0.3 is 134 Å². The van der Waals surface area contributed by atoms with Crippen molar-refractivity contribution in [2.45, 2.75) is 0 Å². The number of hydrogen-bond donors (Lipinski definition) is 0. The van der Waals surface area contributed by atoms with Crippen molar-refractivity contribution in [2.24, 2.45) is 0 Å². The number of ether oxygens (including phenoxy) is 2. The number of hydrogen-bond acceptors (Lipinski definition) is 4. The van der Waals surface area contributed by atoms with E-state index < -0.39 is 32.1 Å². The molecule has 0 fully saturated rings. The summed E-state index contributed by atoms with van der Waals surface area (Å²) in [5.74, 6) is -0.858. The molecule has 0 atom stereocenters. The SMILES string of the molecule is COC(=O)c1ccc(C(=O)OC)cc1.c1cc[c]([Sb]([c]2ccccc2)[c]2ccccc2)cc1. The Kier molecular flexibility index (Phi) is 9.29. The van der Waals surface area contributed by atoms with Crippen molar-refractivity contribution in [2.75, 3.05) is 14.2 Å². The summed E-state index contributed by atoms with van der Waals surface area (Å²) in [6.45, 7) is 0. The van der Waals surface area contributed by atoms with E-state index in [2.05, 4.69) is 100 Å². The third kappa shape index (κ3) is 6.81. The molecule has 166 valence electrons. The number of benzene rings is 4. The van der Waals surface area contributed by atoms with Gasteiger partial charge in [-0.2, -0.15) is 0 Å². The maximum absolute atomic E-state index is 11.0. The van der Waals surface area contributed by atoms with Crippen molar-refractivity contribution < 1.29 is 19.1 Å². The van der Waals surface area contributed by atoms with Gasteiger partial charge in [0.25, 0.3) is 0 Å². The van der Waals surface area contributed by atoms with Gasteiger partial charge < -0.3 is 9.47 Å². The second kappa shape index (κ2) is 12.6. The van der Waals surface area contributed by atoms with Crippen molar-refractivity contribution >= 4 is 42.7 Å². The maximum atomic E-state index is 11.0. The van der Waals surface area contributed by atoms with Crippen molar-refractivity contribution in [1.29, 1.82) is 0 Å². The van der Waals surface area contributed by atoms with Crippen LogP contribution in [0.2, 0.25) is 0 Å². The van der Waals surface area contributed by atoms with Gasteiger partial charge in [0.2, 0.25) is 0 Å². The summed E-state index contributed by atoms with van der Waals surface area (Å²) in [5, 5.41) is 0. The molecule has 33 heavy (non-hydrogen) atoms. The predicted molar refractivity (Wildman–Crippen MR) is 133 cm³/mol. The van der Waals surface area contributed by atoms with Crippen LogP contribution in [0.1, 0.15) is 20.7 Å². The first-order valence-corrected chi connectivity index (χ1v) is 14.2. The van der Waals surface area contributed by atoms with Gasteiger partial charge in [0.05, 0.1) is 25.3 Å². The summed E-state index contributed by atoms with van der Waals surface area (Å²) in [4.78, 5) is 22.1. The first kappa shape index (κ1) is 24.3. The molecule has 0 saturated carbocycles. The Morgan fingerprint density at radius 3 is 1.00 bits per heavy atom. The number of esters is 2. The summed E-state index contributed by atoms with van der Waals surface area (Å²) < 4.78 is 13.6. The van der Waals surface area contributed by atoms with E-state index in [9.17, 15) is 9.59 Å². The van der Waals surface area contributed by atoms with E-state index in [-0.39, 0.29) is 0 Å². The Morgan fingerprint density at radius 2 is 0.758 bits per heavy atom. The van der Waals surface area contributed by atoms with Crippen LogP contribution in [0.4, 0.5) is 0 Å². The molecule has 0 saturated heterocycles. The molecule has 4 aromatic carbocycles. The summed E-state index contributed by atoms with van der Waals surface area (Å²) in [6.07, 6.45) is 0. The minimum absolute atomic E-state index is 0.403. The van der Waals surface area contributed by atoms with E-state index in [0.717, 1.165) is 0 Å². The zero-order valence-corrected chi connectivity index (χ0v) is 21.1. The topological polar surface area (TPSA) is 52.6 Å². The molecule has 0 amide bonds. The van der Waals surface area contributed by atoms with Crippen LogP contribution in [-0.2, 0) is 9.47 Å². The third-order valence-corrected chi connectivity index (χ3v) is 11.7. The Balaban J connectivity index is 0.000000196. The minimum atomic E-state index is -1.83. The zero-order chi connectivity index (χ0) is 23.5. The average molecular weight is 547 g/mol. The second-order valence-electron chi connectivity index (χ2n) is 6.90. The van der Waals surface area contributed by atoms with E-state index >= 15 is 0 Å². The van der Waals surface area contributed by atoms with Gasteiger partial charge in [0.15, 0.2) is 0 Å².